The van der Waals surface area contributed by atoms with E-state index in [2.05, 4.69) is 4.90 Å². The maximum atomic E-state index is 13.0. The van der Waals surface area contributed by atoms with Crippen molar-refractivity contribution < 1.29 is 28.6 Å². The van der Waals surface area contributed by atoms with E-state index in [1.807, 2.05) is 6.92 Å². The Labute approximate surface area is 187 Å². The molecule has 2 saturated heterocycles. The monoisotopic (exact) mass is 440 g/mol. The van der Waals surface area contributed by atoms with Gasteiger partial charge in [0.25, 0.3) is 11.7 Å². The van der Waals surface area contributed by atoms with Crippen LogP contribution in [0.3, 0.4) is 0 Å². The molecule has 0 aliphatic carbocycles. The van der Waals surface area contributed by atoms with Gasteiger partial charge in [-0.05, 0) is 30.7 Å². The van der Waals surface area contributed by atoms with Crippen LogP contribution in [0.15, 0.2) is 52.7 Å². The normalized spacial score (nSPS) is 21.3. The van der Waals surface area contributed by atoms with Crippen LogP contribution in [0.2, 0.25) is 0 Å². The summed E-state index contributed by atoms with van der Waals surface area (Å²) >= 11 is 0. The Morgan fingerprint density at radius 3 is 2.69 bits per heavy atom. The van der Waals surface area contributed by atoms with Gasteiger partial charge in [-0.15, -0.1) is 0 Å². The van der Waals surface area contributed by atoms with Crippen LogP contribution < -0.4 is 4.74 Å². The first kappa shape index (κ1) is 22.1. The number of nitrogens with zero attached hydrogens (tertiary/aromatic N) is 2. The molecule has 32 heavy (non-hydrogen) atoms. The highest BCUT2D eigenvalue weighted by molar-refractivity contribution is 6.46. The molecule has 1 aromatic carbocycles. The number of amides is 1. The topological polar surface area (TPSA) is 92.5 Å². The molecule has 1 atom stereocenters. The average Bonchev–Trinajstić information content (AvgIpc) is 3.44. The van der Waals surface area contributed by atoms with Gasteiger partial charge in [-0.1, -0.05) is 19.1 Å². The quantitative estimate of drug-likeness (QED) is 0.383. The van der Waals surface area contributed by atoms with Crippen molar-refractivity contribution in [3.63, 3.8) is 0 Å². The highest BCUT2D eigenvalue weighted by Crippen LogP contribution is 2.39. The van der Waals surface area contributed by atoms with E-state index in [0.29, 0.717) is 50.0 Å². The molecule has 0 saturated carbocycles. The molecule has 8 nitrogen and oxygen atoms in total. The summed E-state index contributed by atoms with van der Waals surface area (Å²) in [5.41, 5.74) is 0.445. The molecule has 0 bridgehead atoms. The van der Waals surface area contributed by atoms with E-state index in [1.165, 1.54) is 11.2 Å². The average molecular weight is 440 g/mol. The van der Waals surface area contributed by atoms with E-state index in [0.717, 1.165) is 19.5 Å². The Kier molecular flexibility index (Phi) is 6.92. The molecule has 3 heterocycles. The Bertz CT molecular complexity index is 978. The lowest BCUT2D eigenvalue weighted by Crippen LogP contribution is -2.42. The fourth-order valence-corrected chi connectivity index (χ4v) is 4.04. The number of morpholine rings is 1. The molecule has 2 aromatic rings. The molecule has 0 unspecified atom stereocenters. The van der Waals surface area contributed by atoms with E-state index < -0.39 is 17.7 Å². The van der Waals surface area contributed by atoms with Gasteiger partial charge >= 0.3 is 0 Å². The van der Waals surface area contributed by atoms with Gasteiger partial charge in [0.1, 0.15) is 23.3 Å². The van der Waals surface area contributed by atoms with Gasteiger partial charge in [-0.2, -0.15) is 0 Å². The third-order valence-corrected chi connectivity index (χ3v) is 5.69. The van der Waals surface area contributed by atoms with Crippen molar-refractivity contribution in [1.82, 2.24) is 9.80 Å². The number of rotatable bonds is 8. The molecule has 1 aromatic heterocycles. The Hall–Kier alpha value is -3.10. The van der Waals surface area contributed by atoms with Gasteiger partial charge in [0, 0.05) is 31.7 Å². The summed E-state index contributed by atoms with van der Waals surface area (Å²) in [7, 11) is 0. The lowest BCUT2D eigenvalue weighted by molar-refractivity contribution is -0.140. The zero-order chi connectivity index (χ0) is 22.5. The number of aliphatic hydroxyl groups is 1. The molecule has 8 heteroatoms. The minimum Gasteiger partial charge on any atom is -0.507 e. The van der Waals surface area contributed by atoms with Gasteiger partial charge in [0.2, 0.25) is 0 Å². The SMILES string of the molecule is CCCOc1cccc(C(O)=C2C(=O)C(=O)N(CCN3CCOCC3)[C@@H]2c2ccco2)c1. The summed E-state index contributed by atoms with van der Waals surface area (Å²) < 4.78 is 16.6. The summed E-state index contributed by atoms with van der Waals surface area (Å²) in [6, 6.07) is 9.53. The summed E-state index contributed by atoms with van der Waals surface area (Å²) in [5.74, 6) is -0.566. The molecule has 2 aliphatic rings. The first-order chi connectivity index (χ1) is 15.6. The summed E-state index contributed by atoms with van der Waals surface area (Å²) in [6.07, 6.45) is 2.35. The second-order valence-electron chi connectivity index (χ2n) is 7.84. The predicted molar refractivity (Wildman–Crippen MR) is 117 cm³/mol. The van der Waals surface area contributed by atoms with Gasteiger partial charge < -0.3 is 23.9 Å². The third-order valence-electron chi connectivity index (χ3n) is 5.69. The van der Waals surface area contributed by atoms with Crippen LogP contribution in [0.1, 0.15) is 30.7 Å². The maximum absolute atomic E-state index is 13.0. The van der Waals surface area contributed by atoms with Crippen LogP contribution >= 0.6 is 0 Å². The van der Waals surface area contributed by atoms with Crippen LogP contribution in [0.25, 0.3) is 5.76 Å². The number of carbonyl (C=O) groups excluding carboxylic acids is 2. The number of furan rings is 1. The van der Waals surface area contributed by atoms with Crippen LogP contribution in [0.5, 0.6) is 5.75 Å². The van der Waals surface area contributed by atoms with Gasteiger partial charge in [0.05, 0.1) is 31.7 Å². The van der Waals surface area contributed by atoms with Crippen LogP contribution in [0, 0.1) is 0 Å². The van der Waals surface area contributed by atoms with Crippen molar-refractivity contribution in [1.29, 1.82) is 0 Å². The summed E-state index contributed by atoms with van der Waals surface area (Å²) in [5, 5.41) is 11.1. The van der Waals surface area contributed by atoms with Crippen molar-refractivity contribution in [2.45, 2.75) is 19.4 Å². The van der Waals surface area contributed by atoms with Gasteiger partial charge in [-0.25, -0.2) is 0 Å². The number of Topliss-reactive ketones (excluding diaryl/α,β-unsaturated/α-hetero) is 1. The van der Waals surface area contributed by atoms with Crippen LogP contribution in [0.4, 0.5) is 0 Å². The molecule has 4 rings (SSSR count). The fraction of sp³-hybridized carbons (Fsp3) is 0.417. The van der Waals surface area contributed by atoms with Crippen LogP contribution in [-0.4, -0.2) is 72.6 Å². The standard InChI is InChI=1S/C24H28N2O6/c1-2-12-31-18-6-3-5-17(16-18)22(27)20-21(19-7-4-13-32-19)26(24(29)23(20)28)9-8-25-10-14-30-15-11-25/h3-7,13,16,21,27H,2,8-12,14-15H2,1H3/t21-/m1/s1. The predicted octanol–water partition coefficient (Wildman–Crippen LogP) is 2.82. The highest BCUT2D eigenvalue weighted by Gasteiger charge is 2.47. The van der Waals surface area contributed by atoms with Crippen molar-refractivity contribution in [3.05, 3.63) is 59.6 Å². The van der Waals surface area contributed by atoms with Gasteiger partial charge in [0.15, 0.2) is 0 Å². The van der Waals surface area contributed by atoms with Crippen molar-refractivity contribution in [3.8, 4) is 5.75 Å². The van der Waals surface area contributed by atoms with E-state index in [1.54, 1.807) is 36.4 Å². The fourth-order valence-electron chi connectivity index (χ4n) is 4.04. The zero-order valence-electron chi connectivity index (χ0n) is 18.2. The number of hydrogen-bond donors (Lipinski definition) is 1. The van der Waals surface area contributed by atoms with E-state index in [4.69, 9.17) is 13.9 Å². The van der Waals surface area contributed by atoms with E-state index >= 15 is 0 Å². The summed E-state index contributed by atoms with van der Waals surface area (Å²) in [6.45, 7) is 6.35. The minimum atomic E-state index is -0.786. The zero-order valence-corrected chi connectivity index (χ0v) is 18.2. The van der Waals surface area contributed by atoms with Crippen molar-refractivity contribution in [2.75, 3.05) is 46.0 Å². The van der Waals surface area contributed by atoms with E-state index in [9.17, 15) is 14.7 Å². The first-order valence-corrected chi connectivity index (χ1v) is 10.9. The molecule has 2 fully saturated rings. The maximum Gasteiger partial charge on any atom is 0.295 e. The lowest BCUT2D eigenvalue weighted by Gasteiger charge is -2.30. The molecule has 1 amide bonds. The molecule has 170 valence electrons. The number of benzene rings is 1. The molecular formula is C24H28N2O6. The lowest BCUT2D eigenvalue weighted by atomic mass is 9.99. The van der Waals surface area contributed by atoms with Gasteiger partial charge in [-0.3, -0.25) is 14.5 Å². The number of hydrogen-bond acceptors (Lipinski definition) is 7. The third kappa shape index (κ3) is 4.56. The Morgan fingerprint density at radius 1 is 1.16 bits per heavy atom. The molecule has 2 aliphatic heterocycles. The summed E-state index contributed by atoms with van der Waals surface area (Å²) in [4.78, 5) is 29.7. The Balaban J connectivity index is 1.66. The van der Waals surface area contributed by atoms with Crippen molar-refractivity contribution in [2.24, 2.45) is 0 Å². The van der Waals surface area contributed by atoms with E-state index in [-0.39, 0.29) is 11.3 Å². The smallest absolute Gasteiger partial charge is 0.295 e. The molecule has 1 N–H and O–H groups in total. The number of carbonyl (C=O) groups is 2. The minimum absolute atomic E-state index is 0.0274. The van der Waals surface area contributed by atoms with Crippen LogP contribution in [-0.2, 0) is 14.3 Å². The Morgan fingerprint density at radius 2 is 1.97 bits per heavy atom. The number of likely N-dealkylation sites (tertiary alicyclic amines) is 1. The molecular weight excluding hydrogens is 412 g/mol. The number of ketones is 1. The van der Waals surface area contributed by atoms with Crippen molar-refractivity contribution >= 4 is 17.4 Å². The second-order valence-corrected chi connectivity index (χ2v) is 7.84. The largest absolute Gasteiger partial charge is 0.507 e. The first-order valence-electron chi connectivity index (χ1n) is 10.9. The molecule has 0 radical (unpaired) electrons. The molecule has 0 spiro atoms. The number of aliphatic hydroxyl groups excluding tert-OH is 1. The highest BCUT2D eigenvalue weighted by atomic mass is 16.5. The second kappa shape index (κ2) is 10.0. The number of ether oxygens (including phenoxy) is 2.